The zero-order valence-corrected chi connectivity index (χ0v) is 11.1. The molecule has 0 atom stereocenters. The maximum atomic E-state index is 12.8. The van der Waals surface area contributed by atoms with Gasteiger partial charge in [0.1, 0.15) is 11.6 Å². The SMILES string of the molecule is CNc1cc(C(F)(F)F)cc(Oc2ccccc2CO)n1. The van der Waals surface area contributed by atoms with Gasteiger partial charge in [0.15, 0.2) is 0 Å². The number of hydrogen-bond acceptors (Lipinski definition) is 4. The average molecular weight is 298 g/mol. The highest BCUT2D eigenvalue weighted by atomic mass is 19.4. The van der Waals surface area contributed by atoms with Crippen molar-refractivity contribution in [3.8, 4) is 11.6 Å². The first-order valence-electron chi connectivity index (χ1n) is 6.07. The molecule has 0 aliphatic heterocycles. The summed E-state index contributed by atoms with van der Waals surface area (Å²) < 4.78 is 43.8. The number of ether oxygens (including phenoxy) is 1. The molecular weight excluding hydrogens is 285 g/mol. The van der Waals surface area contributed by atoms with Crippen LogP contribution in [-0.2, 0) is 12.8 Å². The molecule has 21 heavy (non-hydrogen) atoms. The van der Waals surface area contributed by atoms with E-state index in [1.54, 1.807) is 24.3 Å². The van der Waals surface area contributed by atoms with Crippen LogP contribution in [0.25, 0.3) is 0 Å². The minimum absolute atomic E-state index is 0.0429. The number of pyridine rings is 1. The predicted molar refractivity (Wildman–Crippen MR) is 71.2 cm³/mol. The van der Waals surface area contributed by atoms with Crippen LogP contribution in [0.2, 0.25) is 0 Å². The lowest BCUT2D eigenvalue weighted by atomic mass is 10.2. The molecule has 0 unspecified atom stereocenters. The molecule has 0 aliphatic rings. The third kappa shape index (κ3) is 3.63. The summed E-state index contributed by atoms with van der Waals surface area (Å²) in [5.41, 5.74) is -0.402. The molecule has 0 fully saturated rings. The average Bonchev–Trinajstić information content (AvgIpc) is 2.46. The summed E-state index contributed by atoms with van der Waals surface area (Å²) >= 11 is 0. The first-order valence-corrected chi connectivity index (χ1v) is 6.07. The highest BCUT2D eigenvalue weighted by molar-refractivity contribution is 5.44. The second kappa shape index (κ2) is 6.01. The van der Waals surface area contributed by atoms with Gasteiger partial charge in [-0.2, -0.15) is 18.2 Å². The molecule has 2 N–H and O–H groups in total. The zero-order valence-electron chi connectivity index (χ0n) is 11.1. The number of alkyl halides is 3. The van der Waals surface area contributed by atoms with Crippen molar-refractivity contribution in [1.82, 2.24) is 4.98 Å². The van der Waals surface area contributed by atoms with Gasteiger partial charge in [-0.1, -0.05) is 18.2 Å². The second-order valence-electron chi connectivity index (χ2n) is 4.19. The van der Waals surface area contributed by atoms with Crippen LogP contribution < -0.4 is 10.1 Å². The van der Waals surface area contributed by atoms with Gasteiger partial charge in [-0.25, -0.2) is 0 Å². The lowest BCUT2D eigenvalue weighted by molar-refractivity contribution is -0.137. The molecule has 0 amide bonds. The van der Waals surface area contributed by atoms with E-state index in [1.807, 2.05) is 0 Å². The van der Waals surface area contributed by atoms with Crippen molar-refractivity contribution in [2.75, 3.05) is 12.4 Å². The van der Waals surface area contributed by atoms with Crippen LogP contribution in [0.5, 0.6) is 11.6 Å². The number of benzene rings is 1. The van der Waals surface area contributed by atoms with Crippen LogP contribution in [0.3, 0.4) is 0 Å². The van der Waals surface area contributed by atoms with E-state index in [-0.39, 0.29) is 24.1 Å². The topological polar surface area (TPSA) is 54.4 Å². The van der Waals surface area contributed by atoms with Crippen LogP contribution >= 0.6 is 0 Å². The molecule has 0 saturated carbocycles. The molecule has 1 heterocycles. The maximum Gasteiger partial charge on any atom is 0.416 e. The molecule has 2 rings (SSSR count). The van der Waals surface area contributed by atoms with E-state index >= 15 is 0 Å². The van der Waals surface area contributed by atoms with E-state index in [1.165, 1.54) is 7.05 Å². The van der Waals surface area contributed by atoms with Crippen molar-refractivity contribution in [3.05, 3.63) is 47.5 Å². The molecule has 2 aromatic rings. The summed E-state index contributed by atoms with van der Waals surface area (Å²) in [6.45, 7) is -0.284. The van der Waals surface area contributed by atoms with Crippen molar-refractivity contribution < 1.29 is 23.0 Å². The van der Waals surface area contributed by atoms with Gasteiger partial charge in [-0.15, -0.1) is 0 Å². The lowest BCUT2D eigenvalue weighted by Gasteiger charge is -2.13. The van der Waals surface area contributed by atoms with E-state index in [4.69, 9.17) is 4.74 Å². The lowest BCUT2D eigenvalue weighted by Crippen LogP contribution is -2.07. The van der Waals surface area contributed by atoms with Crippen molar-refractivity contribution in [2.45, 2.75) is 12.8 Å². The molecule has 0 radical (unpaired) electrons. The first kappa shape index (κ1) is 15.1. The number of anilines is 1. The quantitative estimate of drug-likeness (QED) is 0.908. The minimum Gasteiger partial charge on any atom is -0.439 e. The number of para-hydroxylation sites is 1. The molecule has 0 aliphatic carbocycles. The number of rotatable bonds is 4. The van der Waals surface area contributed by atoms with Gasteiger partial charge in [0.25, 0.3) is 0 Å². The monoisotopic (exact) mass is 298 g/mol. The fraction of sp³-hybridized carbons (Fsp3) is 0.214. The van der Waals surface area contributed by atoms with Gasteiger partial charge in [0, 0.05) is 18.7 Å². The Hall–Kier alpha value is -2.28. The molecule has 0 saturated heterocycles. The summed E-state index contributed by atoms with van der Waals surface area (Å²) in [5, 5.41) is 11.7. The van der Waals surface area contributed by atoms with Crippen LogP contribution in [0.15, 0.2) is 36.4 Å². The summed E-state index contributed by atoms with van der Waals surface area (Å²) in [6.07, 6.45) is -4.50. The zero-order chi connectivity index (χ0) is 15.5. The Labute approximate surface area is 119 Å². The Morgan fingerprint density at radius 2 is 1.95 bits per heavy atom. The van der Waals surface area contributed by atoms with Crippen molar-refractivity contribution in [2.24, 2.45) is 0 Å². The molecule has 1 aromatic heterocycles. The number of aliphatic hydroxyl groups excluding tert-OH is 1. The standard InChI is InChI=1S/C14H13F3N2O2/c1-18-12-6-10(14(15,16)17)7-13(19-12)21-11-5-3-2-4-9(11)8-20/h2-7,20H,8H2,1H3,(H,18,19). The van der Waals surface area contributed by atoms with Crippen LogP contribution in [0, 0.1) is 0 Å². The van der Waals surface area contributed by atoms with Crippen LogP contribution in [0.1, 0.15) is 11.1 Å². The Morgan fingerprint density at radius 3 is 2.57 bits per heavy atom. The fourth-order valence-electron chi connectivity index (χ4n) is 1.70. The number of halogens is 3. The number of hydrogen-bond donors (Lipinski definition) is 2. The predicted octanol–water partition coefficient (Wildman–Crippen LogP) is 3.43. The number of aliphatic hydroxyl groups is 1. The first-order chi connectivity index (χ1) is 9.94. The molecule has 4 nitrogen and oxygen atoms in total. The van der Waals surface area contributed by atoms with Gasteiger partial charge in [0.05, 0.1) is 12.2 Å². The second-order valence-corrected chi connectivity index (χ2v) is 4.19. The van der Waals surface area contributed by atoms with Crippen molar-refractivity contribution in [1.29, 1.82) is 0 Å². The molecule has 1 aromatic carbocycles. The third-order valence-electron chi connectivity index (χ3n) is 2.74. The third-order valence-corrected chi connectivity index (χ3v) is 2.74. The summed E-state index contributed by atoms with van der Waals surface area (Å²) in [6, 6.07) is 8.21. The van der Waals surface area contributed by atoms with Crippen LogP contribution in [-0.4, -0.2) is 17.1 Å². The highest BCUT2D eigenvalue weighted by Gasteiger charge is 2.32. The molecule has 112 valence electrons. The van der Waals surface area contributed by atoms with E-state index in [2.05, 4.69) is 10.3 Å². The smallest absolute Gasteiger partial charge is 0.416 e. The summed E-state index contributed by atoms with van der Waals surface area (Å²) in [5.74, 6) is 0.102. The number of nitrogens with zero attached hydrogens (tertiary/aromatic N) is 1. The molecule has 0 bridgehead atoms. The van der Waals surface area contributed by atoms with Gasteiger partial charge in [-0.3, -0.25) is 0 Å². The Morgan fingerprint density at radius 1 is 1.24 bits per heavy atom. The van der Waals surface area contributed by atoms with Crippen molar-refractivity contribution in [3.63, 3.8) is 0 Å². The van der Waals surface area contributed by atoms with Gasteiger partial charge in [0.2, 0.25) is 5.88 Å². The Balaban J connectivity index is 2.39. The summed E-state index contributed by atoms with van der Waals surface area (Å²) in [4.78, 5) is 3.92. The highest BCUT2D eigenvalue weighted by Crippen LogP contribution is 2.34. The van der Waals surface area contributed by atoms with Crippen molar-refractivity contribution >= 4 is 5.82 Å². The fourth-order valence-corrected chi connectivity index (χ4v) is 1.70. The minimum atomic E-state index is -4.50. The molecule has 0 spiro atoms. The maximum absolute atomic E-state index is 12.8. The largest absolute Gasteiger partial charge is 0.439 e. The summed E-state index contributed by atoms with van der Waals surface area (Å²) in [7, 11) is 1.47. The van der Waals surface area contributed by atoms with E-state index in [9.17, 15) is 18.3 Å². The van der Waals surface area contributed by atoms with Crippen LogP contribution in [0.4, 0.5) is 19.0 Å². The molecular formula is C14H13F3N2O2. The van der Waals surface area contributed by atoms with Gasteiger partial charge in [-0.05, 0) is 12.1 Å². The van der Waals surface area contributed by atoms with E-state index < -0.39 is 11.7 Å². The Kier molecular flexibility index (Phi) is 4.32. The van der Waals surface area contributed by atoms with Gasteiger partial charge >= 0.3 is 6.18 Å². The van der Waals surface area contributed by atoms with E-state index in [0.29, 0.717) is 5.56 Å². The number of nitrogens with one attached hydrogen (secondary N) is 1. The normalized spacial score (nSPS) is 11.3. The van der Waals surface area contributed by atoms with Gasteiger partial charge < -0.3 is 15.2 Å². The Bertz CT molecular complexity index is 630. The molecule has 7 heteroatoms. The number of aromatic nitrogens is 1. The van der Waals surface area contributed by atoms with E-state index in [0.717, 1.165) is 12.1 Å².